The molecule has 0 atom stereocenters. The van der Waals surface area contributed by atoms with E-state index in [1.165, 1.54) is 11.3 Å². The monoisotopic (exact) mass is 331 g/mol. The average molecular weight is 332 g/mol. The lowest BCUT2D eigenvalue weighted by atomic mass is 10.0. The molecule has 0 aliphatic carbocycles. The van der Waals surface area contributed by atoms with Gasteiger partial charge in [0, 0.05) is 36.6 Å². The molecule has 2 heterocycles. The third-order valence-corrected chi connectivity index (χ3v) is 7.12. The zero-order chi connectivity index (χ0) is 15.7. The van der Waals surface area contributed by atoms with E-state index < -0.39 is 10.0 Å². The average Bonchev–Trinajstić information content (AvgIpc) is 2.88. The van der Waals surface area contributed by atoms with E-state index in [9.17, 15) is 8.42 Å². The molecule has 0 saturated carbocycles. The van der Waals surface area contributed by atoms with Crippen molar-refractivity contribution in [2.45, 2.75) is 37.8 Å². The van der Waals surface area contributed by atoms with Gasteiger partial charge in [-0.25, -0.2) is 8.42 Å². The van der Waals surface area contributed by atoms with Crippen molar-refractivity contribution in [1.29, 1.82) is 0 Å². The fourth-order valence-electron chi connectivity index (χ4n) is 2.47. The van der Waals surface area contributed by atoms with Crippen LogP contribution in [0.25, 0.3) is 0 Å². The summed E-state index contributed by atoms with van der Waals surface area (Å²) in [5.74, 6) is 0. The molecule has 0 radical (unpaired) electrons. The Morgan fingerprint density at radius 3 is 2.71 bits per heavy atom. The molecule has 1 aliphatic heterocycles. The number of sulfonamides is 1. The Bertz CT molecular complexity index is 581. The van der Waals surface area contributed by atoms with Gasteiger partial charge in [-0.3, -0.25) is 4.90 Å². The lowest BCUT2D eigenvalue weighted by molar-refractivity contribution is 0.0801. The Morgan fingerprint density at radius 2 is 2.10 bits per heavy atom. The summed E-state index contributed by atoms with van der Waals surface area (Å²) in [6.45, 7) is 9.48. The van der Waals surface area contributed by atoms with Crippen molar-refractivity contribution in [2.75, 3.05) is 33.2 Å². The lowest BCUT2D eigenvalue weighted by Crippen LogP contribution is -2.58. The van der Waals surface area contributed by atoms with Gasteiger partial charge in [0.2, 0.25) is 10.0 Å². The molecule has 0 spiro atoms. The van der Waals surface area contributed by atoms with Gasteiger partial charge < -0.3 is 5.32 Å². The Hall–Kier alpha value is -0.470. The topological polar surface area (TPSA) is 52.7 Å². The van der Waals surface area contributed by atoms with Gasteiger partial charge in [0.15, 0.2) is 0 Å². The summed E-state index contributed by atoms with van der Waals surface area (Å²) < 4.78 is 27.5. The zero-order valence-corrected chi connectivity index (χ0v) is 14.9. The summed E-state index contributed by atoms with van der Waals surface area (Å²) in [7, 11) is -1.35. The van der Waals surface area contributed by atoms with Crippen LogP contribution in [0, 0.1) is 0 Å². The van der Waals surface area contributed by atoms with Crippen LogP contribution in [0.3, 0.4) is 0 Å². The summed E-state index contributed by atoms with van der Waals surface area (Å²) in [6, 6.07) is 1.73. The highest BCUT2D eigenvalue weighted by Gasteiger charge is 2.38. The van der Waals surface area contributed by atoms with Crippen molar-refractivity contribution in [3.63, 3.8) is 0 Å². The first-order valence-electron chi connectivity index (χ1n) is 7.27. The molecule has 1 aliphatic rings. The highest BCUT2D eigenvalue weighted by molar-refractivity contribution is 7.89. The van der Waals surface area contributed by atoms with Crippen molar-refractivity contribution in [3.05, 3.63) is 16.3 Å². The van der Waals surface area contributed by atoms with Gasteiger partial charge in [-0.15, -0.1) is 11.3 Å². The molecule has 21 heavy (non-hydrogen) atoms. The second-order valence-corrected chi connectivity index (χ2v) is 8.97. The molecule has 1 fully saturated rings. The molecular weight excluding hydrogens is 306 g/mol. The SMILES string of the molecule is CCNCc1sccc1S(=O)(=O)N1CCN(C)C(C)(C)C1. The molecule has 120 valence electrons. The third kappa shape index (κ3) is 3.48. The van der Waals surface area contributed by atoms with E-state index in [2.05, 4.69) is 24.1 Å². The van der Waals surface area contributed by atoms with E-state index in [-0.39, 0.29) is 5.54 Å². The van der Waals surface area contributed by atoms with E-state index >= 15 is 0 Å². The van der Waals surface area contributed by atoms with Gasteiger partial charge in [0.05, 0.1) is 4.90 Å². The van der Waals surface area contributed by atoms with Crippen LogP contribution in [0.4, 0.5) is 0 Å². The first-order chi connectivity index (χ1) is 9.79. The molecule has 5 nitrogen and oxygen atoms in total. The maximum Gasteiger partial charge on any atom is 0.244 e. The minimum Gasteiger partial charge on any atom is -0.312 e. The molecule has 7 heteroatoms. The molecule has 1 aromatic heterocycles. The van der Waals surface area contributed by atoms with Crippen molar-refractivity contribution in [2.24, 2.45) is 0 Å². The number of hydrogen-bond acceptors (Lipinski definition) is 5. The molecule has 0 unspecified atom stereocenters. The first-order valence-corrected chi connectivity index (χ1v) is 9.59. The second kappa shape index (κ2) is 6.34. The fourth-order valence-corrected chi connectivity index (χ4v) is 5.44. The summed E-state index contributed by atoms with van der Waals surface area (Å²) in [6.07, 6.45) is 0. The molecule has 0 bridgehead atoms. The van der Waals surface area contributed by atoms with Crippen LogP contribution < -0.4 is 5.32 Å². The van der Waals surface area contributed by atoms with Gasteiger partial charge >= 0.3 is 0 Å². The van der Waals surface area contributed by atoms with Crippen molar-refractivity contribution < 1.29 is 8.42 Å². The third-order valence-electron chi connectivity index (χ3n) is 4.14. The first kappa shape index (κ1) is 16.9. The normalized spacial score (nSPS) is 20.8. The molecule has 1 aromatic rings. The number of hydrogen-bond donors (Lipinski definition) is 1. The Balaban J connectivity index is 2.24. The number of likely N-dealkylation sites (N-methyl/N-ethyl adjacent to an activating group) is 1. The van der Waals surface area contributed by atoms with Crippen LogP contribution in [0.5, 0.6) is 0 Å². The summed E-state index contributed by atoms with van der Waals surface area (Å²) in [5, 5.41) is 5.07. The molecule has 1 saturated heterocycles. The predicted octanol–water partition coefficient (Wildman–Crippen LogP) is 1.57. The minimum absolute atomic E-state index is 0.136. The van der Waals surface area contributed by atoms with E-state index in [0.29, 0.717) is 24.5 Å². The van der Waals surface area contributed by atoms with Crippen molar-refractivity contribution in [1.82, 2.24) is 14.5 Å². The zero-order valence-electron chi connectivity index (χ0n) is 13.2. The molecule has 0 aromatic carbocycles. The van der Waals surface area contributed by atoms with Gasteiger partial charge in [-0.1, -0.05) is 6.92 Å². The summed E-state index contributed by atoms with van der Waals surface area (Å²) in [4.78, 5) is 3.58. The van der Waals surface area contributed by atoms with E-state index in [0.717, 1.165) is 18.0 Å². The van der Waals surface area contributed by atoms with Crippen LogP contribution in [0.15, 0.2) is 16.3 Å². The summed E-state index contributed by atoms with van der Waals surface area (Å²) in [5.41, 5.74) is -0.136. The highest BCUT2D eigenvalue weighted by atomic mass is 32.2. The summed E-state index contributed by atoms with van der Waals surface area (Å²) >= 11 is 1.50. The molecule has 2 rings (SSSR count). The van der Waals surface area contributed by atoms with E-state index in [4.69, 9.17) is 0 Å². The standard InChI is InChI=1S/C14H25N3O2S2/c1-5-15-10-12-13(6-9-20-12)21(18,19)17-8-7-16(4)14(2,3)11-17/h6,9,15H,5,7-8,10-11H2,1-4H3. The van der Waals surface area contributed by atoms with Gasteiger partial charge in [-0.2, -0.15) is 4.31 Å². The quantitative estimate of drug-likeness (QED) is 0.890. The second-order valence-electron chi connectivity index (χ2n) is 6.06. The number of nitrogens with one attached hydrogen (secondary N) is 1. The minimum atomic E-state index is -3.40. The lowest BCUT2D eigenvalue weighted by Gasteiger charge is -2.44. The van der Waals surface area contributed by atoms with Crippen molar-refractivity contribution >= 4 is 21.4 Å². The van der Waals surface area contributed by atoms with Crippen LogP contribution in [-0.4, -0.2) is 56.4 Å². The Morgan fingerprint density at radius 1 is 1.38 bits per heavy atom. The number of rotatable bonds is 5. The van der Waals surface area contributed by atoms with Gasteiger partial charge in [0.1, 0.15) is 0 Å². The van der Waals surface area contributed by atoms with Crippen LogP contribution in [0.2, 0.25) is 0 Å². The van der Waals surface area contributed by atoms with Crippen LogP contribution in [-0.2, 0) is 16.6 Å². The van der Waals surface area contributed by atoms with E-state index in [1.54, 1.807) is 10.4 Å². The van der Waals surface area contributed by atoms with Gasteiger partial charge in [-0.05, 0) is 38.9 Å². The maximum absolute atomic E-state index is 12.9. The fraction of sp³-hybridized carbons (Fsp3) is 0.714. The number of nitrogens with zero attached hydrogens (tertiary/aromatic N) is 2. The largest absolute Gasteiger partial charge is 0.312 e. The molecule has 1 N–H and O–H groups in total. The number of piperazine rings is 1. The van der Waals surface area contributed by atoms with Crippen LogP contribution in [0.1, 0.15) is 25.6 Å². The molecule has 0 amide bonds. The smallest absolute Gasteiger partial charge is 0.244 e. The highest BCUT2D eigenvalue weighted by Crippen LogP contribution is 2.29. The molecular formula is C14H25N3O2S2. The van der Waals surface area contributed by atoms with Crippen molar-refractivity contribution in [3.8, 4) is 0 Å². The van der Waals surface area contributed by atoms with Crippen LogP contribution >= 0.6 is 11.3 Å². The predicted molar refractivity (Wildman–Crippen MR) is 87.2 cm³/mol. The maximum atomic E-state index is 12.9. The number of thiophene rings is 1. The Kier molecular flexibility index (Phi) is 5.10. The van der Waals surface area contributed by atoms with Gasteiger partial charge in [0.25, 0.3) is 0 Å². The van der Waals surface area contributed by atoms with E-state index in [1.807, 2.05) is 19.4 Å². The Labute approximate surface area is 132 Å².